The van der Waals surface area contributed by atoms with Gasteiger partial charge < -0.3 is 14.2 Å². The topological polar surface area (TPSA) is 96.0 Å². The van der Waals surface area contributed by atoms with E-state index in [0.717, 1.165) is 25.3 Å². The maximum absolute atomic E-state index is 11.5. The van der Waals surface area contributed by atoms with Crippen LogP contribution < -0.4 is 0 Å². The Hall–Kier alpha value is -2.18. The zero-order valence-electron chi connectivity index (χ0n) is 14.9. The van der Waals surface area contributed by atoms with E-state index in [1.54, 1.807) is 0 Å². The molecule has 0 fully saturated rings. The first kappa shape index (κ1) is 22.8. The number of esters is 4. The number of ether oxygens (including phenoxy) is 3. The van der Waals surface area contributed by atoms with Gasteiger partial charge in [0, 0.05) is 25.8 Å². The molecule has 0 aliphatic carbocycles. The van der Waals surface area contributed by atoms with Crippen molar-refractivity contribution in [2.45, 2.75) is 64.7 Å². The second-order valence-corrected chi connectivity index (χ2v) is 5.53. The van der Waals surface area contributed by atoms with E-state index in [1.807, 2.05) is 0 Å². The Morgan fingerprint density at radius 3 is 1.76 bits per heavy atom. The molecule has 0 bridgehead atoms. The first-order chi connectivity index (χ1) is 12.0. The van der Waals surface area contributed by atoms with Gasteiger partial charge in [-0.1, -0.05) is 19.4 Å². The van der Waals surface area contributed by atoms with Gasteiger partial charge in [-0.15, -0.1) is 0 Å². The molecule has 0 amide bonds. The van der Waals surface area contributed by atoms with Gasteiger partial charge >= 0.3 is 23.9 Å². The fourth-order valence-electron chi connectivity index (χ4n) is 1.95. The van der Waals surface area contributed by atoms with Gasteiger partial charge in [0.2, 0.25) is 0 Å². The molecular formula is C18H28O7. The molecule has 25 heavy (non-hydrogen) atoms. The summed E-state index contributed by atoms with van der Waals surface area (Å²) in [7, 11) is 0. The maximum Gasteiger partial charge on any atom is 0.330 e. The lowest BCUT2D eigenvalue weighted by molar-refractivity contribution is -0.160. The summed E-state index contributed by atoms with van der Waals surface area (Å²) in [5.41, 5.74) is 0. The van der Waals surface area contributed by atoms with Crippen LogP contribution in [0.25, 0.3) is 0 Å². The molecule has 0 N–H and O–H groups in total. The number of hydrogen-bond acceptors (Lipinski definition) is 7. The number of hydrogen-bond donors (Lipinski definition) is 0. The highest BCUT2D eigenvalue weighted by Crippen LogP contribution is 2.06. The summed E-state index contributed by atoms with van der Waals surface area (Å²) in [6, 6.07) is 0. The molecule has 0 saturated heterocycles. The normalized spacial score (nSPS) is 9.96. The molecule has 0 aromatic heterocycles. The lowest BCUT2D eigenvalue weighted by Crippen LogP contribution is -2.12. The van der Waals surface area contributed by atoms with Crippen LogP contribution in [0.1, 0.15) is 64.7 Å². The van der Waals surface area contributed by atoms with Gasteiger partial charge in [0.25, 0.3) is 0 Å². The molecule has 0 atom stereocenters. The van der Waals surface area contributed by atoms with Crippen molar-refractivity contribution < 1.29 is 33.4 Å². The highest BCUT2D eigenvalue weighted by Gasteiger charge is 2.10. The Bertz CT molecular complexity index is 443. The van der Waals surface area contributed by atoms with Crippen molar-refractivity contribution in [1.29, 1.82) is 0 Å². The first-order valence-corrected chi connectivity index (χ1v) is 8.61. The van der Waals surface area contributed by atoms with E-state index < -0.39 is 17.9 Å². The van der Waals surface area contributed by atoms with E-state index in [-0.39, 0.29) is 25.4 Å². The smallest absolute Gasteiger partial charge is 0.330 e. The van der Waals surface area contributed by atoms with Gasteiger partial charge in [-0.2, -0.15) is 0 Å². The van der Waals surface area contributed by atoms with Gasteiger partial charge in [-0.05, 0) is 32.1 Å². The molecule has 0 spiro atoms. The van der Waals surface area contributed by atoms with Crippen LogP contribution in [0.4, 0.5) is 0 Å². The summed E-state index contributed by atoms with van der Waals surface area (Å²) in [5, 5.41) is 0. The Kier molecular flexibility index (Phi) is 14.0. The lowest BCUT2D eigenvalue weighted by Gasteiger charge is -2.04. The number of rotatable bonds is 14. The third kappa shape index (κ3) is 16.5. The van der Waals surface area contributed by atoms with Crippen LogP contribution in [-0.2, 0) is 33.4 Å². The van der Waals surface area contributed by atoms with Crippen molar-refractivity contribution in [3.05, 3.63) is 12.7 Å². The Labute approximate surface area is 148 Å². The molecule has 0 unspecified atom stereocenters. The zero-order chi connectivity index (χ0) is 18.9. The summed E-state index contributed by atoms with van der Waals surface area (Å²) in [6.07, 6.45) is 6.47. The molecule has 0 aromatic rings. The minimum absolute atomic E-state index is 0.170. The van der Waals surface area contributed by atoms with Gasteiger partial charge in [0.1, 0.15) is 0 Å². The van der Waals surface area contributed by atoms with Gasteiger partial charge in [0.15, 0.2) is 0 Å². The fraction of sp³-hybridized carbons (Fsp3) is 0.667. The quantitative estimate of drug-likeness (QED) is 0.155. The lowest BCUT2D eigenvalue weighted by atomic mass is 10.1. The Balaban J connectivity index is 3.47. The van der Waals surface area contributed by atoms with Gasteiger partial charge in [0.05, 0.1) is 13.2 Å². The van der Waals surface area contributed by atoms with Crippen molar-refractivity contribution in [2.24, 2.45) is 0 Å². The Morgan fingerprint density at radius 2 is 1.24 bits per heavy atom. The monoisotopic (exact) mass is 356 g/mol. The van der Waals surface area contributed by atoms with Crippen molar-refractivity contribution in [1.82, 2.24) is 0 Å². The number of carbonyl (C=O) groups is 4. The summed E-state index contributed by atoms with van der Waals surface area (Å²) in [5.74, 6) is -1.79. The van der Waals surface area contributed by atoms with Gasteiger partial charge in [-0.3, -0.25) is 14.4 Å². The molecule has 7 nitrogen and oxygen atoms in total. The van der Waals surface area contributed by atoms with Gasteiger partial charge in [-0.25, -0.2) is 4.79 Å². The standard InChI is InChI=1S/C18H28O7/c1-3-16(20)24-14-10-6-8-12-18(22)25-17(21)11-7-4-5-9-13-23-15(2)19/h3H,1,4-14H2,2H3. The minimum atomic E-state index is -0.525. The molecular weight excluding hydrogens is 328 g/mol. The number of unbranched alkanes of at least 4 members (excludes halogenated alkanes) is 5. The van der Waals surface area contributed by atoms with Crippen LogP contribution in [0.3, 0.4) is 0 Å². The first-order valence-electron chi connectivity index (χ1n) is 8.61. The highest BCUT2D eigenvalue weighted by atomic mass is 16.6. The van der Waals surface area contributed by atoms with Crippen LogP contribution in [0.2, 0.25) is 0 Å². The largest absolute Gasteiger partial charge is 0.466 e. The van der Waals surface area contributed by atoms with Crippen molar-refractivity contribution in [3.63, 3.8) is 0 Å². The van der Waals surface area contributed by atoms with Crippen molar-refractivity contribution in [2.75, 3.05) is 13.2 Å². The third-order valence-corrected chi connectivity index (χ3v) is 3.24. The maximum atomic E-state index is 11.5. The van der Waals surface area contributed by atoms with Crippen LogP contribution >= 0.6 is 0 Å². The molecule has 0 aliphatic rings. The van der Waals surface area contributed by atoms with Crippen LogP contribution in [0, 0.1) is 0 Å². The average molecular weight is 356 g/mol. The summed E-state index contributed by atoms with van der Waals surface area (Å²) >= 11 is 0. The number of carbonyl (C=O) groups excluding carboxylic acids is 4. The molecule has 0 saturated carbocycles. The van der Waals surface area contributed by atoms with E-state index in [9.17, 15) is 19.2 Å². The molecule has 7 heteroatoms. The summed E-state index contributed by atoms with van der Waals surface area (Å²) < 4.78 is 14.3. The SMILES string of the molecule is C=CC(=O)OCCCCCC(=O)OC(=O)CCCCCCOC(C)=O. The highest BCUT2D eigenvalue weighted by molar-refractivity contribution is 5.85. The molecule has 0 radical (unpaired) electrons. The predicted molar refractivity (Wildman–Crippen MR) is 90.4 cm³/mol. The molecule has 0 aliphatic heterocycles. The zero-order valence-corrected chi connectivity index (χ0v) is 14.9. The van der Waals surface area contributed by atoms with E-state index >= 15 is 0 Å². The van der Waals surface area contributed by atoms with E-state index in [1.165, 1.54) is 6.92 Å². The molecule has 142 valence electrons. The average Bonchev–Trinajstić information content (AvgIpc) is 2.56. The van der Waals surface area contributed by atoms with E-state index in [2.05, 4.69) is 6.58 Å². The third-order valence-electron chi connectivity index (χ3n) is 3.24. The van der Waals surface area contributed by atoms with Crippen LogP contribution in [0.15, 0.2) is 12.7 Å². The summed E-state index contributed by atoms with van der Waals surface area (Å²) in [4.78, 5) is 44.3. The van der Waals surface area contributed by atoms with Crippen molar-refractivity contribution >= 4 is 23.9 Å². The minimum Gasteiger partial charge on any atom is -0.466 e. The molecule has 0 rings (SSSR count). The molecule has 0 aromatic carbocycles. The second kappa shape index (κ2) is 15.4. The van der Waals surface area contributed by atoms with E-state index in [0.29, 0.717) is 32.3 Å². The fourth-order valence-corrected chi connectivity index (χ4v) is 1.95. The Morgan fingerprint density at radius 1 is 0.760 bits per heavy atom. The van der Waals surface area contributed by atoms with Crippen LogP contribution in [0.5, 0.6) is 0 Å². The molecule has 0 heterocycles. The second-order valence-electron chi connectivity index (χ2n) is 5.53. The van der Waals surface area contributed by atoms with Crippen molar-refractivity contribution in [3.8, 4) is 0 Å². The van der Waals surface area contributed by atoms with Crippen LogP contribution in [-0.4, -0.2) is 37.1 Å². The van der Waals surface area contributed by atoms with E-state index in [4.69, 9.17) is 14.2 Å². The predicted octanol–water partition coefficient (Wildman–Crippen LogP) is 2.86. The summed E-state index contributed by atoms with van der Waals surface area (Å²) in [6.45, 7) is 5.33.